The zero-order chi connectivity index (χ0) is 9.14. The molecule has 0 aliphatic carbocycles. The Kier molecular flexibility index (Phi) is 3.09. The number of carbonyl (C=O) groups excluding carboxylic acids is 1. The zero-order valence-electron chi connectivity index (χ0n) is 8.21. The second-order valence-corrected chi connectivity index (χ2v) is 3.54. The predicted molar refractivity (Wildman–Crippen MR) is 49.0 cm³/mol. The zero-order valence-corrected chi connectivity index (χ0v) is 8.21. The summed E-state index contributed by atoms with van der Waals surface area (Å²) in [5, 5.41) is 0. The van der Waals surface area contributed by atoms with Crippen LogP contribution in [0.15, 0.2) is 0 Å². The number of amides is 1. The summed E-state index contributed by atoms with van der Waals surface area (Å²) in [5.74, 6) is 0.218. The van der Waals surface area contributed by atoms with Crippen molar-refractivity contribution in [3.8, 4) is 0 Å². The minimum absolute atomic E-state index is 0.218. The molecule has 0 aromatic rings. The molecule has 0 aromatic heterocycles. The van der Waals surface area contributed by atoms with Gasteiger partial charge in [-0.1, -0.05) is 6.92 Å². The fourth-order valence-corrected chi connectivity index (χ4v) is 1.77. The Labute approximate surface area is 74.3 Å². The van der Waals surface area contributed by atoms with E-state index in [4.69, 9.17) is 0 Å². The molecule has 0 saturated carbocycles. The number of rotatable bonds is 1. The Morgan fingerprint density at radius 2 is 2.17 bits per heavy atom. The van der Waals surface area contributed by atoms with Gasteiger partial charge in [0.2, 0.25) is 5.91 Å². The molecule has 0 radical (unpaired) electrons. The van der Waals surface area contributed by atoms with Crippen LogP contribution < -0.4 is 0 Å². The van der Waals surface area contributed by atoms with Gasteiger partial charge in [0.1, 0.15) is 0 Å². The first-order valence-corrected chi connectivity index (χ1v) is 4.61. The van der Waals surface area contributed by atoms with Gasteiger partial charge in [-0.15, -0.1) is 0 Å². The fourth-order valence-electron chi connectivity index (χ4n) is 1.77. The summed E-state index contributed by atoms with van der Waals surface area (Å²) in [6, 6.07) is 0.432. The molecule has 1 rings (SSSR count). The van der Waals surface area contributed by atoms with Gasteiger partial charge in [0, 0.05) is 32.6 Å². The van der Waals surface area contributed by atoms with Crippen LogP contribution in [0.1, 0.15) is 20.3 Å². The van der Waals surface area contributed by atoms with Gasteiger partial charge in [-0.2, -0.15) is 0 Å². The van der Waals surface area contributed by atoms with Crippen LogP contribution in [0.5, 0.6) is 0 Å². The van der Waals surface area contributed by atoms with E-state index >= 15 is 0 Å². The van der Waals surface area contributed by atoms with Gasteiger partial charge in [0.15, 0.2) is 0 Å². The highest BCUT2D eigenvalue weighted by molar-refractivity contribution is 5.73. The van der Waals surface area contributed by atoms with Crippen molar-refractivity contribution >= 4 is 5.91 Å². The Morgan fingerprint density at radius 3 is 2.67 bits per heavy atom. The molecule has 0 spiro atoms. The fraction of sp³-hybridized carbons (Fsp3) is 0.889. The summed E-state index contributed by atoms with van der Waals surface area (Å²) in [7, 11) is 2.11. The molecule has 1 aliphatic heterocycles. The number of carbonyl (C=O) groups is 1. The highest BCUT2D eigenvalue weighted by Gasteiger charge is 2.24. The lowest BCUT2D eigenvalue weighted by Gasteiger charge is -2.39. The quantitative estimate of drug-likeness (QED) is 0.574. The van der Waals surface area contributed by atoms with E-state index in [2.05, 4.69) is 18.9 Å². The van der Waals surface area contributed by atoms with Crippen LogP contribution in [-0.4, -0.2) is 48.4 Å². The van der Waals surface area contributed by atoms with Crippen LogP contribution in [0, 0.1) is 0 Å². The molecular formula is C9H18N2O. The molecule has 0 unspecified atom stereocenters. The Morgan fingerprint density at radius 1 is 1.50 bits per heavy atom. The van der Waals surface area contributed by atoms with E-state index in [1.165, 1.54) is 0 Å². The first kappa shape index (κ1) is 9.52. The van der Waals surface area contributed by atoms with E-state index < -0.39 is 0 Å². The average Bonchev–Trinajstić information content (AvgIpc) is 2.03. The molecule has 0 aromatic carbocycles. The van der Waals surface area contributed by atoms with Crippen molar-refractivity contribution in [3.05, 3.63) is 0 Å². The van der Waals surface area contributed by atoms with E-state index in [-0.39, 0.29) is 5.91 Å². The normalized spacial score (nSPS) is 25.9. The molecule has 0 N–H and O–H groups in total. The van der Waals surface area contributed by atoms with Crippen molar-refractivity contribution in [2.45, 2.75) is 26.3 Å². The van der Waals surface area contributed by atoms with E-state index in [0.717, 1.165) is 26.1 Å². The lowest BCUT2D eigenvalue weighted by atomic mass is 10.1. The lowest BCUT2D eigenvalue weighted by Crippen LogP contribution is -2.53. The first-order chi connectivity index (χ1) is 5.65. The average molecular weight is 170 g/mol. The van der Waals surface area contributed by atoms with Crippen LogP contribution in [0.25, 0.3) is 0 Å². The van der Waals surface area contributed by atoms with Gasteiger partial charge in [0.05, 0.1) is 0 Å². The van der Waals surface area contributed by atoms with Crippen molar-refractivity contribution in [1.29, 1.82) is 0 Å². The maximum Gasteiger partial charge on any atom is 0.219 e. The summed E-state index contributed by atoms with van der Waals surface area (Å²) < 4.78 is 0. The van der Waals surface area contributed by atoms with Gasteiger partial charge >= 0.3 is 0 Å². The predicted octanol–water partition coefficient (Wildman–Crippen LogP) is 0.559. The van der Waals surface area contributed by atoms with Crippen LogP contribution >= 0.6 is 0 Å². The second kappa shape index (κ2) is 3.90. The summed E-state index contributed by atoms with van der Waals surface area (Å²) in [6.07, 6.45) is 1.06. The topological polar surface area (TPSA) is 23.6 Å². The standard InChI is InChI=1S/C9H18N2O/c1-4-9-7-10(3)5-6-11(9)8(2)12/h9H,4-7H2,1-3H3/t9-/m1/s1. The Hall–Kier alpha value is -0.570. The molecule has 1 amide bonds. The minimum Gasteiger partial charge on any atom is -0.337 e. The molecule has 3 nitrogen and oxygen atoms in total. The molecule has 70 valence electrons. The SMILES string of the molecule is CC[C@@H]1CN(C)CCN1C(C)=O. The van der Waals surface area contributed by atoms with E-state index in [0.29, 0.717) is 6.04 Å². The van der Waals surface area contributed by atoms with E-state index in [1.807, 2.05) is 4.90 Å². The third kappa shape index (κ3) is 1.97. The largest absolute Gasteiger partial charge is 0.337 e. The van der Waals surface area contributed by atoms with Crippen LogP contribution in [-0.2, 0) is 4.79 Å². The van der Waals surface area contributed by atoms with E-state index in [9.17, 15) is 4.79 Å². The maximum absolute atomic E-state index is 11.2. The van der Waals surface area contributed by atoms with E-state index in [1.54, 1.807) is 6.92 Å². The van der Waals surface area contributed by atoms with Crippen molar-refractivity contribution in [2.75, 3.05) is 26.7 Å². The number of nitrogens with zero attached hydrogens (tertiary/aromatic N) is 2. The van der Waals surface area contributed by atoms with Crippen molar-refractivity contribution < 1.29 is 4.79 Å². The summed E-state index contributed by atoms with van der Waals surface area (Å²) in [4.78, 5) is 15.5. The van der Waals surface area contributed by atoms with Crippen LogP contribution in [0.2, 0.25) is 0 Å². The summed E-state index contributed by atoms with van der Waals surface area (Å²) >= 11 is 0. The third-order valence-electron chi connectivity index (χ3n) is 2.56. The summed E-state index contributed by atoms with van der Waals surface area (Å²) in [6.45, 7) is 6.73. The lowest BCUT2D eigenvalue weighted by molar-refractivity contribution is -0.133. The minimum atomic E-state index is 0.218. The van der Waals surface area contributed by atoms with Gasteiger partial charge in [-0.3, -0.25) is 4.79 Å². The number of hydrogen-bond donors (Lipinski definition) is 0. The number of hydrogen-bond acceptors (Lipinski definition) is 2. The molecule has 1 aliphatic rings. The van der Waals surface area contributed by atoms with Crippen molar-refractivity contribution in [2.24, 2.45) is 0 Å². The smallest absolute Gasteiger partial charge is 0.219 e. The van der Waals surface area contributed by atoms with Crippen molar-refractivity contribution in [3.63, 3.8) is 0 Å². The number of likely N-dealkylation sites (N-methyl/N-ethyl adjacent to an activating group) is 1. The Bertz CT molecular complexity index is 170. The van der Waals surface area contributed by atoms with Crippen molar-refractivity contribution in [1.82, 2.24) is 9.80 Å². The molecule has 12 heavy (non-hydrogen) atoms. The van der Waals surface area contributed by atoms with Gasteiger partial charge < -0.3 is 9.80 Å². The van der Waals surface area contributed by atoms with Gasteiger partial charge in [0.25, 0.3) is 0 Å². The van der Waals surface area contributed by atoms with Crippen LogP contribution in [0.4, 0.5) is 0 Å². The molecule has 1 atom stereocenters. The Balaban J connectivity index is 2.56. The summed E-state index contributed by atoms with van der Waals surface area (Å²) in [5.41, 5.74) is 0. The molecule has 3 heteroatoms. The monoisotopic (exact) mass is 170 g/mol. The molecular weight excluding hydrogens is 152 g/mol. The molecule has 1 fully saturated rings. The first-order valence-electron chi connectivity index (χ1n) is 4.61. The molecule has 0 bridgehead atoms. The van der Waals surface area contributed by atoms with Gasteiger partial charge in [-0.05, 0) is 13.5 Å². The highest BCUT2D eigenvalue weighted by Crippen LogP contribution is 2.11. The molecule has 1 heterocycles. The molecule has 1 saturated heterocycles. The highest BCUT2D eigenvalue weighted by atomic mass is 16.2. The maximum atomic E-state index is 11.2. The third-order valence-corrected chi connectivity index (χ3v) is 2.56. The number of piperazine rings is 1. The van der Waals surface area contributed by atoms with Gasteiger partial charge in [-0.25, -0.2) is 0 Å². The van der Waals surface area contributed by atoms with Crippen LogP contribution in [0.3, 0.4) is 0 Å². The second-order valence-electron chi connectivity index (χ2n) is 3.54.